The number of carboxylic acids is 1. The molecule has 2 aromatic rings. The molecule has 0 aliphatic heterocycles. The smallest absolute Gasteiger partial charge is 0.328 e. The van der Waals surface area contributed by atoms with E-state index in [0.717, 1.165) is 6.08 Å². The highest BCUT2D eigenvalue weighted by atomic mass is 16.5. The molecule has 0 saturated carbocycles. The van der Waals surface area contributed by atoms with E-state index in [0.29, 0.717) is 22.8 Å². The van der Waals surface area contributed by atoms with Crippen LogP contribution in [0, 0.1) is 0 Å². The minimum atomic E-state index is -1.14. The lowest BCUT2D eigenvalue weighted by molar-refractivity contribution is -0.131. The van der Waals surface area contributed by atoms with Gasteiger partial charge in [-0.1, -0.05) is 0 Å². The lowest BCUT2D eigenvalue weighted by atomic mass is 10.1. The van der Waals surface area contributed by atoms with Crippen LogP contribution in [-0.4, -0.2) is 35.5 Å². The Kier molecular flexibility index (Phi) is 4.57. The van der Waals surface area contributed by atoms with Crippen molar-refractivity contribution in [2.75, 3.05) is 14.2 Å². The molecule has 0 unspecified atom stereocenters. The normalized spacial score (nSPS) is 10.6. The molecule has 0 aliphatic carbocycles. The molecule has 1 heterocycles. The van der Waals surface area contributed by atoms with E-state index in [-0.39, 0.29) is 5.56 Å². The molecule has 1 aromatic heterocycles. The van der Waals surface area contributed by atoms with Crippen molar-refractivity contribution in [3.8, 4) is 22.8 Å². The number of methoxy groups -OCH3 is 2. The first-order chi connectivity index (χ1) is 10.5. The number of nitrogens with one attached hydrogen (secondary N) is 1. The lowest BCUT2D eigenvalue weighted by Crippen LogP contribution is -2.12. The number of carbonyl (C=O) groups is 1. The highest BCUT2D eigenvalue weighted by molar-refractivity contribution is 5.85. The van der Waals surface area contributed by atoms with Gasteiger partial charge in [-0.25, -0.2) is 9.89 Å². The van der Waals surface area contributed by atoms with Gasteiger partial charge in [0.25, 0.3) is 5.56 Å². The molecule has 0 bridgehead atoms. The number of rotatable bonds is 5. The molecule has 0 fully saturated rings. The standard InChI is InChI=1S/C15H14N2O5/c1-21-10-4-5-11(13(8-10)22-2)12-7-9(3-6-14(18)19)15(20)17-16-12/h3-8H,1-2H3,(H,17,20)(H,18,19)/b6-3+. The van der Waals surface area contributed by atoms with Crippen LogP contribution in [0.3, 0.4) is 0 Å². The monoisotopic (exact) mass is 302 g/mol. The predicted octanol–water partition coefficient (Wildman–Crippen LogP) is 1.55. The van der Waals surface area contributed by atoms with Crippen LogP contribution in [-0.2, 0) is 4.79 Å². The summed E-state index contributed by atoms with van der Waals surface area (Å²) in [5.41, 5.74) is 0.799. The molecule has 0 aliphatic rings. The molecular weight excluding hydrogens is 288 g/mol. The number of carboxylic acid groups (broad SMARTS) is 1. The van der Waals surface area contributed by atoms with E-state index >= 15 is 0 Å². The largest absolute Gasteiger partial charge is 0.497 e. The quantitative estimate of drug-likeness (QED) is 0.813. The molecule has 0 spiro atoms. The number of aromatic amines is 1. The van der Waals surface area contributed by atoms with Gasteiger partial charge >= 0.3 is 5.97 Å². The van der Waals surface area contributed by atoms with E-state index in [1.807, 2.05) is 0 Å². The van der Waals surface area contributed by atoms with Crippen LogP contribution in [0.15, 0.2) is 35.1 Å². The van der Waals surface area contributed by atoms with Crippen molar-refractivity contribution >= 4 is 12.0 Å². The molecular formula is C15H14N2O5. The van der Waals surface area contributed by atoms with Crippen molar-refractivity contribution < 1.29 is 19.4 Å². The van der Waals surface area contributed by atoms with Crippen LogP contribution < -0.4 is 15.0 Å². The fourth-order valence-electron chi connectivity index (χ4n) is 1.85. The van der Waals surface area contributed by atoms with Crippen LogP contribution in [0.4, 0.5) is 0 Å². The summed E-state index contributed by atoms with van der Waals surface area (Å²) in [7, 11) is 3.05. The minimum absolute atomic E-state index is 0.185. The van der Waals surface area contributed by atoms with E-state index in [4.69, 9.17) is 14.6 Å². The number of H-pyrrole nitrogens is 1. The molecule has 0 amide bonds. The van der Waals surface area contributed by atoms with Crippen molar-refractivity contribution in [2.24, 2.45) is 0 Å². The van der Waals surface area contributed by atoms with E-state index < -0.39 is 11.5 Å². The van der Waals surface area contributed by atoms with Crippen molar-refractivity contribution in [3.05, 3.63) is 46.3 Å². The van der Waals surface area contributed by atoms with Gasteiger partial charge in [0, 0.05) is 23.3 Å². The molecule has 22 heavy (non-hydrogen) atoms. The van der Waals surface area contributed by atoms with Gasteiger partial charge in [0.1, 0.15) is 11.5 Å². The fraction of sp³-hybridized carbons (Fsp3) is 0.133. The van der Waals surface area contributed by atoms with E-state index in [2.05, 4.69) is 10.2 Å². The Balaban J connectivity index is 2.51. The first-order valence-electron chi connectivity index (χ1n) is 6.28. The molecule has 0 saturated heterocycles. The number of benzene rings is 1. The van der Waals surface area contributed by atoms with Crippen LogP contribution in [0.1, 0.15) is 5.56 Å². The second-order valence-corrected chi connectivity index (χ2v) is 4.28. The summed E-state index contributed by atoms with van der Waals surface area (Å²) in [5, 5.41) is 14.9. The van der Waals surface area contributed by atoms with Crippen molar-refractivity contribution in [2.45, 2.75) is 0 Å². The molecule has 0 atom stereocenters. The lowest BCUT2D eigenvalue weighted by Gasteiger charge is -2.09. The van der Waals surface area contributed by atoms with Gasteiger partial charge in [0.15, 0.2) is 0 Å². The summed E-state index contributed by atoms with van der Waals surface area (Å²) in [6.07, 6.45) is 2.10. The summed E-state index contributed by atoms with van der Waals surface area (Å²) >= 11 is 0. The Labute approximate surface area is 125 Å². The third-order valence-electron chi connectivity index (χ3n) is 2.92. The van der Waals surface area contributed by atoms with Crippen LogP contribution in [0.5, 0.6) is 11.5 Å². The summed E-state index contributed by atoms with van der Waals surface area (Å²) < 4.78 is 10.4. The Bertz CT molecular complexity index is 780. The number of aromatic nitrogens is 2. The Hall–Kier alpha value is -3.09. The summed E-state index contributed by atoms with van der Waals surface area (Å²) in [6, 6.07) is 6.65. The maximum absolute atomic E-state index is 11.7. The Morgan fingerprint density at radius 1 is 1.27 bits per heavy atom. The zero-order chi connectivity index (χ0) is 16.1. The first kappa shape index (κ1) is 15.3. The minimum Gasteiger partial charge on any atom is -0.497 e. The molecule has 114 valence electrons. The van der Waals surface area contributed by atoms with Crippen molar-refractivity contribution in [1.29, 1.82) is 0 Å². The second kappa shape index (κ2) is 6.57. The highest BCUT2D eigenvalue weighted by Gasteiger charge is 2.10. The molecule has 0 radical (unpaired) electrons. The van der Waals surface area contributed by atoms with Gasteiger partial charge < -0.3 is 14.6 Å². The first-order valence-corrected chi connectivity index (χ1v) is 6.28. The molecule has 1 aromatic carbocycles. The second-order valence-electron chi connectivity index (χ2n) is 4.28. The highest BCUT2D eigenvalue weighted by Crippen LogP contribution is 2.31. The predicted molar refractivity (Wildman–Crippen MR) is 80.1 cm³/mol. The third-order valence-corrected chi connectivity index (χ3v) is 2.92. The molecule has 2 N–H and O–H groups in total. The van der Waals surface area contributed by atoms with Gasteiger partial charge in [0.2, 0.25) is 0 Å². The van der Waals surface area contributed by atoms with Gasteiger partial charge in [-0.15, -0.1) is 0 Å². The maximum atomic E-state index is 11.7. The fourth-order valence-corrected chi connectivity index (χ4v) is 1.85. The van der Waals surface area contributed by atoms with Gasteiger partial charge in [-0.3, -0.25) is 4.79 Å². The van der Waals surface area contributed by atoms with E-state index in [9.17, 15) is 9.59 Å². The number of ether oxygens (including phenoxy) is 2. The van der Waals surface area contributed by atoms with Crippen LogP contribution >= 0.6 is 0 Å². The zero-order valence-corrected chi connectivity index (χ0v) is 12.0. The SMILES string of the molecule is COc1ccc(-c2cc(/C=C/C(=O)O)c(=O)[nH]n2)c(OC)c1. The molecule has 7 nitrogen and oxygen atoms in total. The number of nitrogens with zero attached hydrogens (tertiary/aromatic N) is 1. The van der Waals surface area contributed by atoms with E-state index in [1.54, 1.807) is 25.3 Å². The van der Waals surface area contributed by atoms with Gasteiger partial charge in [0.05, 0.1) is 19.9 Å². The maximum Gasteiger partial charge on any atom is 0.328 e. The molecule has 7 heteroatoms. The van der Waals surface area contributed by atoms with Crippen molar-refractivity contribution in [3.63, 3.8) is 0 Å². The zero-order valence-electron chi connectivity index (χ0n) is 12.0. The Morgan fingerprint density at radius 2 is 2.05 bits per heavy atom. The summed E-state index contributed by atoms with van der Waals surface area (Å²) in [6.45, 7) is 0. The molecule has 2 rings (SSSR count). The van der Waals surface area contributed by atoms with Gasteiger partial charge in [-0.05, 0) is 24.3 Å². The Morgan fingerprint density at radius 3 is 2.68 bits per heavy atom. The van der Waals surface area contributed by atoms with Crippen LogP contribution in [0.2, 0.25) is 0 Å². The van der Waals surface area contributed by atoms with Crippen LogP contribution in [0.25, 0.3) is 17.3 Å². The summed E-state index contributed by atoms with van der Waals surface area (Å²) in [5.74, 6) is 0.00266. The topological polar surface area (TPSA) is 102 Å². The van der Waals surface area contributed by atoms with Crippen molar-refractivity contribution in [1.82, 2.24) is 10.2 Å². The average molecular weight is 302 g/mol. The van der Waals surface area contributed by atoms with E-state index in [1.165, 1.54) is 19.3 Å². The third kappa shape index (κ3) is 3.32. The summed E-state index contributed by atoms with van der Waals surface area (Å²) in [4.78, 5) is 22.2. The van der Waals surface area contributed by atoms with Gasteiger partial charge in [-0.2, -0.15) is 5.10 Å². The number of hydrogen-bond donors (Lipinski definition) is 2. The number of hydrogen-bond acceptors (Lipinski definition) is 5. The number of aliphatic carboxylic acids is 1. The average Bonchev–Trinajstić information content (AvgIpc) is 2.53.